The van der Waals surface area contributed by atoms with Crippen LogP contribution in [0.3, 0.4) is 0 Å². The van der Waals surface area contributed by atoms with Gasteiger partial charge in [0.05, 0.1) is 10.6 Å². The van der Waals surface area contributed by atoms with Gasteiger partial charge in [0, 0.05) is 18.1 Å². The molecule has 3 aromatic carbocycles. The molecule has 1 atom stereocenters. The van der Waals surface area contributed by atoms with E-state index in [1.807, 2.05) is 45.0 Å². The molecule has 0 saturated heterocycles. The Labute approximate surface area is 230 Å². The zero-order chi connectivity index (χ0) is 27.9. The fourth-order valence-corrected chi connectivity index (χ4v) is 5.92. The zero-order valence-corrected chi connectivity index (χ0v) is 23.7. The third kappa shape index (κ3) is 6.74. The van der Waals surface area contributed by atoms with Crippen LogP contribution in [0.15, 0.2) is 77.7 Å². The highest BCUT2D eigenvalue weighted by Crippen LogP contribution is 2.30. The molecule has 0 aliphatic carbocycles. The van der Waals surface area contributed by atoms with Gasteiger partial charge >= 0.3 is 0 Å². The summed E-state index contributed by atoms with van der Waals surface area (Å²) >= 11 is 6.26. The number of sulfonamides is 1. The van der Waals surface area contributed by atoms with Gasteiger partial charge in [-0.15, -0.1) is 0 Å². The van der Waals surface area contributed by atoms with E-state index in [0.29, 0.717) is 29.2 Å². The highest BCUT2D eigenvalue weighted by atomic mass is 35.5. The van der Waals surface area contributed by atoms with Gasteiger partial charge in [0.25, 0.3) is 10.0 Å². The first kappa shape index (κ1) is 29.2. The smallest absolute Gasteiger partial charge is 0.264 e. The molecule has 0 unspecified atom stereocenters. The number of hydrogen-bond acceptors (Lipinski definition) is 4. The summed E-state index contributed by atoms with van der Waals surface area (Å²) in [5, 5.41) is 3.15. The lowest BCUT2D eigenvalue weighted by molar-refractivity contribution is -0.140. The van der Waals surface area contributed by atoms with Crippen LogP contribution >= 0.6 is 11.6 Å². The first-order chi connectivity index (χ1) is 18.1. The van der Waals surface area contributed by atoms with Crippen LogP contribution in [0.4, 0.5) is 5.69 Å². The summed E-state index contributed by atoms with van der Waals surface area (Å²) in [5.74, 6) is -0.779. The second kappa shape index (κ2) is 12.9. The van der Waals surface area contributed by atoms with E-state index in [0.717, 1.165) is 15.4 Å². The molecular formula is C29H34ClN3O4S. The molecule has 2 amide bonds. The maximum Gasteiger partial charge on any atom is 0.264 e. The Bertz CT molecular complexity index is 1380. The van der Waals surface area contributed by atoms with Gasteiger partial charge in [0.1, 0.15) is 12.6 Å². The number of hydrogen-bond donors (Lipinski definition) is 1. The average molecular weight is 556 g/mol. The number of nitrogens with one attached hydrogen (secondary N) is 1. The van der Waals surface area contributed by atoms with Gasteiger partial charge < -0.3 is 10.2 Å². The van der Waals surface area contributed by atoms with Crippen LogP contribution < -0.4 is 9.62 Å². The minimum absolute atomic E-state index is 0.0494. The van der Waals surface area contributed by atoms with Crippen molar-refractivity contribution in [3.05, 3.63) is 94.5 Å². The van der Waals surface area contributed by atoms with Gasteiger partial charge in [-0.25, -0.2) is 8.42 Å². The standard InChI is InChI=1S/C29H34ClN3O4S/c1-5-26(29(35)31-6-2)32(19-23-13-11-10-12-21(23)3)28(34)20-33(27-18-24(30)17-16-22(27)4)38(36,37)25-14-8-7-9-15-25/h7-18,26H,5-6,19-20H2,1-4H3,(H,31,35)/t26-/m0/s1. The molecule has 1 N–H and O–H groups in total. The summed E-state index contributed by atoms with van der Waals surface area (Å²) < 4.78 is 28.8. The maximum atomic E-state index is 14.0. The molecule has 0 aliphatic heterocycles. The number of likely N-dealkylation sites (N-methyl/N-ethyl adjacent to an activating group) is 1. The van der Waals surface area contributed by atoms with Gasteiger partial charge in [-0.05, 0) is 68.1 Å². The fraction of sp³-hybridized carbons (Fsp3) is 0.310. The molecule has 0 fully saturated rings. The van der Waals surface area contributed by atoms with Gasteiger partial charge in [-0.1, -0.05) is 67.1 Å². The Morgan fingerprint density at radius 3 is 2.21 bits per heavy atom. The average Bonchev–Trinajstić information content (AvgIpc) is 2.90. The predicted octanol–water partition coefficient (Wildman–Crippen LogP) is 5.10. The van der Waals surface area contributed by atoms with Gasteiger partial charge in [-0.3, -0.25) is 13.9 Å². The van der Waals surface area contributed by atoms with Crippen LogP contribution in [0.2, 0.25) is 5.02 Å². The minimum Gasteiger partial charge on any atom is -0.355 e. The van der Waals surface area contributed by atoms with Crippen molar-refractivity contribution in [3.8, 4) is 0 Å². The first-order valence-electron chi connectivity index (χ1n) is 12.6. The number of rotatable bonds is 11. The molecule has 0 bridgehead atoms. The fourth-order valence-electron chi connectivity index (χ4n) is 4.27. The number of carbonyl (C=O) groups is 2. The van der Waals surface area contributed by atoms with Gasteiger partial charge in [0.15, 0.2) is 0 Å². The quantitative estimate of drug-likeness (QED) is 0.357. The Kier molecular flexibility index (Phi) is 9.94. The molecule has 0 saturated carbocycles. The number of amides is 2. The Morgan fingerprint density at radius 1 is 0.921 bits per heavy atom. The monoisotopic (exact) mass is 555 g/mol. The number of anilines is 1. The molecule has 0 radical (unpaired) electrons. The van der Waals surface area contributed by atoms with Crippen molar-refractivity contribution in [3.63, 3.8) is 0 Å². The van der Waals surface area contributed by atoms with E-state index < -0.39 is 28.5 Å². The van der Waals surface area contributed by atoms with E-state index in [4.69, 9.17) is 11.6 Å². The molecule has 3 aromatic rings. The molecule has 0 aliphatic rings. The molecule has 38 heavy (non-hydrogen) atoms. The molecule has 3 rings (SSSR count). The van der Waals surface area contributed by atoms with E-state index >= 15 is 0 Å². The van der Waals surface area contributed by atoms with E-state index in [1.165, 1.54) is 23.1 Å². The summed E-state index contributed by atoms with van der Waals surface area (Å²) in [4.78, 5) is 28.6. The van der Waals surface area contributed by atoms with Crippen molar-refractivity contribution in [2.24, 2.45) is 0 Å². The van der Waals surface area contributed by atoms with Gasteiger partial charge in [-0.2, -0.15) is 0 Å². The van der Waals surface area contributed by atoms with Crippen LogP contribution in [-0.2, 0) is 26.2 Å². The molecule has 0 spiro atoms. The topological polar surface area (TPSA) is 86.8 Å². The second-order valence-electron chi connectivity index (χ2n) is 9.02. The second-order valence-corrected chi connectivity index (χ2v) is 11.3. The summed E-state index contributed by atoms with van der Waals surface area (Å²) in [7, 11) is -4.14. The van der Waals surface area contributed by atoms with E-state index in [1.54, 1.807) is 37.3 Å². The Morgan fingerprint density at radius 2 is 1.58 bits per heavy atom. The maximum absolute atomic E-state index is 14.0. The molecule has 0 heterocycles. The number of aryl methyl sites for hydroxylation is 2. The largest absolute Gasteiger partial charge is 0.355 e. The lowest BCUT2D eigenvalue weighted by Crippen LogP contribution is -2.52. The zero-order valence-electron chi connectivity index (χ0n) is 22.1. The van der Waals surface area contributed by atoms with Crippen molar-refractivity contribution in [1.29, 1.82) is 0 Å². The number of benzene rings is 3. The van der Waals surface area contributed by atoms with Crippen LogP contribution in [0, 0.1) is 13.8 Å². The number of carbonyl (C=O) groups excluding carboxylic acids is 2. The summed E-state index contributed by atoms with van der Waals surface area (Å²) in [6.07, 6.45) is 0.366. The first-order valence-corrected chi connectivity index (χ1v) is 14.4. The molecule has 202 valence electrons. The Hall–Kier alpha value is -3.36. The van der Waals surface area contributed by atoms with E-state index in [9.17, 15) is 18.0 Å². The number of halogens is 1. The van der Waals surface area contributed by atoms with E-state index in [2.05, 4.69) is 5.32 Å². The normalized spacial score (nSPS) is 12.0. The van der Waals surface area contributed by atoms with Gasteiger partial charge in [0.2, 0.25) is 11.8 Å². The van der Waals surface area contributed by atoms with Crippen molar-refractivity contribution in [2.45, 2.75) is 51.6 Å². The third-order valence-electron chi connectivity index (χ3n) is 6.39. The Balaban J connectivity index is 2.11. The lowest BCUT2D eigenvalue weighted by atomic mass is 10.1. The summed E-state index contributed by atoms with van der Waals surface area (Å²) in [6, 6.07) is 19.7. The predicted molar refractivity (Wildman–Crippen MR) is 152 cm³/mol. The molecule has 0 aromatic heterocycles. The van der Waals surface area contributed by atoms with Crippen LogP contribution in [-0.4, -0.2) is 44.3 Å². The molecule has 9 heteroatoms. The van der Waals surface area contributed by atoms with Crippen molar-refractivity contribution in [2.75, 3.05) is 17.4 Å². The summed E-state index contributed by atoms with van der Waals surface area (Å²) in [5.41, 5.74) is 2.79. The van der Waals surface area contributed by atoms with Crippen molar-refractivity contribution < 1.29 is 18.0 Å². The molecule has 7 nitrogen and oxygen atoms in total. The highest BCUT2D eigenvalue weighted by molar-refractivity contribution is 7.92. The van der Waals surface area contributed by atoms with Crippen LogP contribution in [0.5, 0.6) is 0 Å². The third-order valence-corrected chi connectivity index (χ3v) is 8.40. The van der Waals surface area contributed by atoms with Crippen LogP contribution in [0.1, 0.15) is 37.0 Å². The van der Waals surface area contributed by atoms with Crippen LogP contribution in [0.25, 0.3) is 0 Å². The van der Waals surface area contributed by atoms with E-state index in [-0.39, 0.29) is 17.3 Å². The minimum atomic E-state index is -4.14. The number of nitrogens with zero attached hydrogens (tertiary/aromatic N) is 2. The highest BCUT2D eigenvalue weighted by Gasteiger charge is 2.34. The summed E-state index contributed by atoms with van der Waals surface area (Å²) in [6.45, 7) is 7.42. The lowest BCUT2D eigenvalue weighted by Gasteiger charge is -2.33. The molecular weight excluding hydrogens is 522 g/mol. The van der Waals surface area contributed by atoms with Crippen molar-refractivity contribution in [1.82, 2.24) is 10.2 Å². The SMILES string of the molecule is CCNC(=O)[C@H](CC)N(Cc1ccccc1C)C(=O)CN(c1cc(Cl)ccc1C)S(=O)(=O)c1ccccc1. The van der Waals surface area contributed by atoms with Crippen molar-refractivity contribution >= 4 is 39.1 Å².